The average Bonchev–Trinajstić information content (AvgIpc) is 2.28. The van der Waals surface area contributed by atoms with Gasteiger partial charge in [0.1, 0.15) is 5.69 Å². The van der Waals surface area contributed by atoms with Crippen molar-refractivity contribution in [2.45, 2.75) is 20.3 Å². The van der Waals surface area contributed by atoms with E-state index in [0.717, 1.165) is 20.9 Å². The number of pyridine rings is 2. The molecule has 0 aliphatic carbocycles. The van der Waals surface area contributed by atoms with Crippen molar-refractivity contribution >= 4 is 32.6 Å². The topological polar surface area (TPSA) is 42.9 Å². The summed E-state index contributed by atoms with van der Waals surface area (Å²) in [6.07, 6.45) is 3.91. The van der Waals surface area contributed by atoms with Gasteiger partial charge in [-0.05, 0) is 34.5 Å². The highest BCUT2D eigenvalue weighted by Crippen LogP contribution is 2.23. The van der Waals surface area contributed by atoms with Crippen LogP contribution in [0.2, 0.25) is 0 Å². The highest BCUT2D eigenvalue weighted by molar-refractivity contribution is 9.10. The third kappa shape index (κ3) is 1.85. The van der Waals surface area contributed by atoms with Gasteiger partial charge < -0.3 is 0 Å². The zero-order valence-electron chi connectivity index (χ0n) is 9.12. The van der Waals surface area contributed by atoms with Crippen LogP contribution in [0.15, 0.2) is 22.9 Å². The molecule has 2 heterocycles. The quantitative estimate of drug-likeness (QED) is 0.792. The highest BCUT2D eigenvalue weighted by Gasteiger charge is 2.11. The number of fused-ring (bicyclic) bond motifs is 1. The molecule has 16 heavy (non-hydrogen) atoms. The zero-order chi connectivity index (χ0) is 11.7. The Morgan fingerprint density at radius 1 is 1.44 bits per heavy atom. The first kappa shape index (κ1) is 11.2. The van der Waals surface area contributed by atoms with Crippen LogP contribution < -0.4 is 0 Å². The van der Waals surface area contributed by atoms with Crippen molar-refractivity contribution in [2.24, 2.45) is 0 Å². The summed E-state index contributed by atoms with van der Waals surface area (Å²) in [5.74, 6) is 0.0723. The summed E-state index contributed by atoms with van der Waals surface area (Å²) < 4.78 is 0.815. The molecule has 2 aromatic rings. The van der Waals surface area contributed by atoms with Crippen molar-refractivity contribution in [2.75, 3.05) is 0 Å². The Morgan fingerprint density at radius 2 is 2.19 bits per heavy atom. The molecule has 0 unspecified atom stereocenters. The Labute approximate surface area is 102 Å². The van der Waals surface area contributed by atoms with Crippen LogP contribution in [0.5, 0.6) is 0 Å². The van der Waals surface area contributed by atoms with Gasteiger partial charge in [-0.3, -0.25) is 9.78 Å². The molecule has 2 rings (SSSR count). The van der Waals surface area contributed by atoms with Gasteiger partial charge in [-0.15, -0.1) is 0 Å². The van der Waals surface area contributed by atoms with E-state index in [1.54, 1.807) is 12.4 Å². The van der Waals surface area contributed by atoms with Crippen molar-refractivity contribution in [1.82, 2.24) is 9.97 Å². The molecule has 0 atom stereocenters. The van der Waals surface area contributed by atoms with Gasteiger partial charge in [0.05, 0.1) is 9.99 Å². The first-order chi connectivity index (χ1) is 7.63. The molecular formula is C12H11BrN2O. The average molecular weight is 279 g/mol. The van der Waals surface area contributed by atoms with E-state index in [-0.39, 0.29) is 5.78 Å². The maximum absolute atomic E-state index is 11.7. The summed E-state index contributed by atoms with van der Waals surface area (Å²) in [5.41, 5.74) is 2.25. The minimum atomic E-state index is 0.0723. The Morgan fingerprint density at radius 3 is 2.88 bits per heavy atom. The fraction of sp³-hybridized carbons (Fsp3) is 0.250. The Kier molecular flexibility index (Phi) is 3.01. The highest BCUT2D eigenvalue weighted by atomic mass is 79.9. The molecule has 0 amide bonds. The minimum absolute atomic E-state index is 0.0723. The van der Waals surface area contributed by atoms with Gasteiger partial charge in [-0.25, -0.2) is 4.98 Å². The normalized spacial score (nSPS) is 10.7. The Balaban J connectivity index is 2.74. The monoisotopic (exact) mass is 278 g/mol. The third-order valence-corrected chi connectivity index (χ3v) is 3.04. The molecule has 0 aliphatic heterocycles. The molecule has 82 valence electrons. The SMILES string of the molecule is CCC(=O)c1nc2c(Br)cncc2cc1C. The summed E-state index contributed by atoms with van der Waals surface area (Å²) >= 11 is 3.39. The number of ketones is 1. The summed E-state index contributed by atoms with van der Waals surface area (Å²) in [6, 6.07) is 1.95. The Hall–Kier alpha value is -1.29. The lowest BCUT2D eigenvalue weighted by molar-refractivity contribution is 0.0983. The molecule has 0 aliphatic rings. The van der Waals surface area contributed by atoms with Crippen molar-refractivity contribution in [3.63, 3.8) is 0 Å². The van der Waals surface area contributed by atoms with E-state index < -0.39 is 0 Å². The van der Waals surface area contributed by atoms with Gasteiger partial charge in [0.2, 0.25) is 0 Å². The standard InChI is InChI=1S/C12H11BrN2O/c1-3-10(16)11-7(2)4-8-5-14-6-9(13)12(8)15-11/h4-6H,3H2,1-2H3. The molecule has 2 aromatic heterocycles. The van der Waals surface area contributed by atoms with Crippen LogP contribution in [0.1, 0.15) is 29.4 Å². The lowest BCUT2D eigenvalue weighted by Gasteiger charge is -2.06. The maximum Gasteiger partial charge on any atom is 0.181 e. The Bertz CT molecular complexity index is 566. The van der Waals surface area contributed by atoms with Crippen LogP contribution >= 0.6 is 15.9 Å². The first-order valence-electron chi connectivity index (χ1n) is 5.07. The van der Waals surface area contributed by atoms with E-state index in [2.05, 4.69) is 25.9 Å². The molecule has 0 saturated heterocycles. The lowest BCUT2D eigenvalue weighted by Crippen LogP contribution is -2.04. The van der Waals surface area contributed by atoms with E-state index in [0.29, 0.717) is 12.1 Å². The number of carbonyl (C=O) groups excluding carboxylic acids is 1. The molecule has 0 N–H and O–H groups in total. The van der Waals surface area contributed by atoms with E-state index >= 15 is 0 Å². The van der Waals surface area contributed by atoms with Crippen LogP contribution in [0.4, 0.5) is 0 Å². The summed E-state index contributed by atoms with van der Waals surface area (Å²) in [4.78, 5) is 20.2. The van der Waals surface area contributed by atoms with Crippen LogP contribution in [0.25, 0.3) is 10.9 Å². The molecule has 3 nitrogen and oxygen atoms in total. The summed E-state index contributed by atoms with van der Waals surface area (Å²) in [6.45, 7) is 3.74. The van der Waals surface area contributed by atoms with Gasteiger partial charge in [0, 0.05) is 24.2 Å². The first-order valence-corrected chi connectivity index (χ1v) is 5.87. The van der Waals surface area contributed by atoms with Crippen LogP contribution in [0, 0.1) is 6.92 Å². The molecule has 0 saturated carbocycles. The molecule has 4 heteroatoms. The molecule has 0 aromatic carbocycles. The van der Waals surface area contributed by atoms with E-state index in [1.807, 2.05) is 19.9 Å². The number of carbonyl (C=O) groups is 1. The van der Waals surface area contributed by atoms with Gasteiger partial charge >= 0.3 is 0 Å². The zero-order valence-corrected chi connectivity index (χ0v) is 10.7. The molecule has 0 spiro atoms. The van der Waals surface area contributed by atoms with Gasteiger partial charge in [0.15, 0.2) is 5.78 Å². The van der Waals surface area contributed by atoms with Crippen LogP contribution in [-0.4, -0.2) is 15.8 Å². The number of hydrogen-bond donors (Lipinski definition) is 0. The number of aromatic nitrogens is 2. The maximum atomic E-state index is 11.7. The van der Waals surface area contributed by atoms with Crippen molar-refractivity contribution in [3.8, 4) is 0 Å². The second-order valence-electron chi connectivity index (χ2n) is 3.62. The molecule has 0 bridgehead atoms. The lowest BCUT2D eigenvalue weighted by atomic mass is 10.1. The smallest absolute Gasteiger partial charge is 0.181 e. The minimum Gasteiger partial charge on any atom is -0.292 e. The fourth-order valence-electron chi connectivity index (χ4n) is 1.62. The third-order valence-electron chi connectivity index (χ3n) is 2.46. The number of Topliss-reactive ketones (excluding diaryl/α,β-unsaturated/α-hetero) is 1. The number of rotatable bonds is 2. The summed E-state index contributed by atoms with van der Waals surface area (Å²) in [5, 5.41) is 0.944. The molecule has 0 fully saturated rings. The van der Waals surface area contributed by atoms with Crippen LogP contribution in [-0.2, 0) is 0 Å². The van der Waals surface area contributed by atoms with Crippen LogP contribution in [0.3, 0.4) is 0 Å². The van der Waals surface area contributed by atoms with Gasteiger partial charge in [-0.1, -0.05) is 6.92 Å². The predicted molar refractivity (Wildman–Crippen MR) is 66.6 cm³/mol. The van der Waals surface area contributed by atoms with E-state index in [4.69, 9.17) is 0 Å². The molecular weight excluding hydrogens is 268 g/mol. The van der Waals surface area contributed by atoms with E-state index in [9.17, 15) is 4.79 Å². The second kappa shape index (κ2) is 4.29. The number of halogens is 1. The largest absolute Gasteiger partial charge is 0.292 e. The van der Waals surface area contributed by atoms with Gasteiger partial charge in [-0.2, -0.15) is 0 Å². The number of aryl methyl sites for hydroxylation is 1. The number of hydrogen-bond acceptors (Lipinski definition) is 3. The number of nitrogens with zero attached hydrogens (tertiary/aromatic N) is 2. The second-order valence-corrected chi connectivity index (χ2v) is 4.48. The predicted octanol–water partition coefficient (Wildman–Crippen LogP) is 3.29. The summed E-state index contributed by atoms with van der Waals surface area (Å²) in [7, 11) is 0. The van der Waals surface area contributed by atoms with Crippen molar-refractivity contribution < 1.29 is 4.79 Å². The van der Waals surface area contributed by atoms with Crippen molar-refractivity contribution in [1.29, 1.82) is 0 Å². The van der Waals surface area contributed by atoms with E-state index in [1.165, 1.54) is 0 Å². The van der Waals surface area contributed by atoms with Crippen molar-refractivity contribution in [3.05, 3.63) is 34.2 Å². The van der Waals surface area contributed by atoms with Gasteiger partial charge in [0.25, 0.3) is 0 Å². The molecule has 0 radical (unpaired) electrons. The fourth-order valence-corrected chi connectivity index (χ4v) is 2.05.